The standard InChI is InChI=1S/C20H27F2N5S/c1-3-18-25-15(13-28-18)8-10-24-20(23-4-2)26-14-9-11-27(12-14)19-16(21)6-5-7-17(19)22/h5-7,13-14H,3-4,8-12H2,1-2H3,(H2,23,24,26). The number of aryl methyl sites for hydroxylation is 1. The van der Waals surface area contributed by atoms with Crippen LogP contribution in [0.3, 0.4) is 0 Å². The van der Waals surface area contributed by atoms with Gasteiger partial charge in [0.05, 0.1) is 10.7 Å². The summed E-state index contributed by atoms with van der Waals surface area (Å²) < 4.78 is 28.0. The van der Waals surface area contributed by atoms with E-state index in [1.54, 1.807) is 16.2 Å². The molecule has 28 heavy (non-hydrogen) atoms. The molecule has 2 aromatic rings. The van der Waals surface area contributed by atoms with E-state index in [2.05, 4.69) is 32.9 Å². The minimum atomic E-state index is -0.518. The third-order valence-electron chi connectivity index (χ3n) is 4.67. The van der Waals surface area contributed by atoms with E-state index in [1.807, 2.05) is 6.92 Å². The number of hydrogen-bond donors (Lipinski definition) is 2. The van der Waals surface area contributed by atoms with Gasteiger partial charge < -0.3 is 15.5 Å². The van der Waals surface area contributed by atoms with Crippen LogP contribution in [-0.4, -0.2) is 43.2 Å². The largest absolute Gasteiger partial charge is 0.365 e. The fourth-order valence-electron chi connectivity index (χ4n) is 3.29. The zero-order valence-electron chi connectivity index (χ0n) is 16.3. The number of aliphatic imine (C=N–C) groups is 1. The van der Waals surface area contributed by atoms with Gasteiger partial charge in [0.1, 0.15) is 17.3 Å². The molecular formula is C20H27F2N5S. The topological polar surface area (TPSA) is 52.6 Å². The van der Waals surface area contributed by atoms with Crippen LogP contribution in [0.1, 0.15) is 31.0 Å². The molecule has 5 nitrogen and oxygen atoms in total. The Morgan fingerprint density at radius 3 is 2.79 bits per heavy atom. The molecule has 0 saturated carbocycles. The van der Waals surface area contributed by atoms with E-state index in [-0.39, 0.29) is 11.7 Å². The van der Waals surface area contributed by atoms with Crippen LogP contribution in [0.2, 0.25) is 0 Å². The number of hydrogen-bond acceptors (Lipinski definition) is 4. The number of thiazole rings is 1. The minimum absolute atomic E-state index is 0.0593. The molecule has 1 aromatic heterocycles. The quantitative estimate of drug-likeness (QED) is 0.546. The summed E-state index contributed by atoms with van der Waals surface area (Å²) in [7, 11) is 0. The Hall–Kier alpha value is -2.22. The van der Waals surface area contributed by atoms with Crippen molar-refractivity contribution in [3.63, 3.8) is 0 Å². The van der Waals surface area contributed by atoms with Crippen LogP contribution in [0.25, 0.3) is 0 Å². The Kier molecular flexibility index (Phi) is 7.19. The Morgan fingerprint density at radius 1 is 1.32 bits per heavy atom. The first kappa shape index (κ1) is 20.5. The maximum absolute atomic E-state index is 14.0. The first-order valence-corrected chi connectivity index (χ1v) is 10.7. The second-order valence-corrected chi connectivity index (χ2v) is 7.69. The highest BCUT2D eigenvalue weighted by molar-refractivity contribution is 7.09. The molecule has 8 heteroatoms. The molecule has 0 bridgehead atoms. The normalized spacial score (nSPS) is 17.2. The highest BCUT2D eigenvalue weighted by atomic mass is 32.1. The lowest BCUT2D eigenvalue weighted by Gasteiger charge is -2.21. The van der Waals surface area contributed by atoms with E-state index in [0.29, 0.717) is 19.6 Å². The summed E-state index contributed by atoms with van der Waals surface area (Å²) in [5.41, 5.74) is 1.13. The van der Waals surface area contributed by atoms with Crippen LogP contribution >= 0.6 is 11.3 Å². The van der Waals surface area contributed by atoms with Crippen molar-refractivity contribution in [3.8, 4) is 0 Å². The third-order valence-corrected chi connectivity index (χ3v) is 5.71. The van der Waals surface area contributed by atoms with Crippen molar-refractivity contribution in [1.29, 1.82) is 0 Å². The van der Waals surface area contributed by atoms with Crippen LogP contribution in [-0.2, 0) is 12.8 Å². The molecule has 1 aliphatic heterocycles. The third kappa shape index (κ3) is 5.19. The molecule has 1 fully saturated rings. The van der Waals surface area contributed by atoms with Crippen LogP contribution in [0.5, 0.6) is 0 Å². The number of aromatic nitrogens is 1. The van der Waals surface area contributed by atoms with Crippen molar-refractivity contribution in [3.05, 3.63) is 45.9 Å². The molecule has 0 amide bonds. The van der Waals surface area contributed by atoms with E-state index < -0.39 is 11.6 Å². The van der Waals surface area contributed by atoms with Gasteiger partial charge in [0.25, 0.3) is 0 Å². The summed E-state index contributed by atoms with van der Waals surface area (Å²) in [6, 6.07) is 4.07. The smallest absolute Gasteiger partial charge is 0.191 e. The van der Waals surface area contributed by atoms with Crippen LogP contribution in [0, 0.1) is 11.6 Å². The lowest BCUT2D eigenvalue weighted by molar-refractivity contribution is 0.576. The average molecular weight is 408 g/mol. The molecule has 2 heterocycles. The van der Waals surface area contributed by atoms with Crippen molar-refractivity contribution in [1.82, 2.24) is 15.6 Å². The molecule has 1 aromatic carbocycles. The Bertz CT molecular complexity index is 787. The number of nitrogens with zero attached hydrogens (tertiary/aromatic N) is 3. The monoisotopic (exact) mass is 407 g/mol. The van der Waals surface area contributed by atoms with Crippen LogP contribution in [0.4, 0.5) is 14.5 Å². The Balaban J connectivity index is 1.56. The zero-order chi connectivity index (χ0) is 19.9. The van der Waals surface area contributed by atoms with Crippen LogP contribution < -0.4 is 15.5 Å². The van der Waals surface area contributed by atoms with Gasteiger partial charge in [-0.1, -0.05) is 13.0 Å². The molecule has 3 rings (SSSR count). The van der Waals surface area contributed by atoms with Gasteiger partial charge in [-0.15, -0.1) is 11.3 Å². The number of benzene rings is 1. The number of nitrogens with one attached hydrogen (secondary N) is 2. The zero-order valence-corrected chi connectivity index (χ0v) is 17.2. The predicted octanol–water partition coefficient (Wildman–Crippen LogP) is 3.36. The number of anilines is 1. The molecule has 1 aliphatic rings. The first-order chi connectivity index (χ1) is 13.6. The summed E-state index contributed by atoms with van der Waals surface area (Å²) >= 11 is 1.69. The molecule has 152 valence electrons. The second-order valence-electron chi connectivity index (χ2n) is 6.74. The molecule has 0 spiro atoms. The number of halogens is 2. The fraction of sp³-hybridized carbons (Fsp3) is 0.500. The molecule has 1 atom stereocenters. The highest BCUT2D eigenvalue weighted by Gasteiger charge is 2.27. The molecule has 2 N–H and O–H groups in total. The van der Waals surface area contributed by atoms with Gasteiger partial charge in [-0.3, -0.25) is 4.99 Å². The Labute approximate surface area is 168 Å². The maximum atomic E-state index is 14.0. The van der Waals surface area contributed by atoms with E-state index >= 15 is 0 Å². The molecule has 1 unspecified atom stereocenters. The molecule has 0 aliphatic carbocycles. The van der Waals surface area contributed by atoms with Gasteiger partial charge in [0.2, 0.25) is 0 Å². The molecule has 1 saturated heterocycles. The molecular weight excluding hydrogens is 380 g/mol. The Morgan fingerprint density at radius 2 is 2.11 bits per heavy atom. The van der Waals surface area contributed by atoms with Gasteiger partial charge in [-0.2, -0.15) is 0 Å². The first-order valence-electron chi connectivity index (χ1n) is 9.77. The SMILES string of the molecule is CCNC(=NCCc1csc(CC)n1)NC1CCN(c2c(F)cccc2F)C1. The van der Waals surface area contributed by atoms with Crippen molar-refractivity contribution in [2.24, 2.45) is 4.99 Å². The van der Waals surface area contributed by atoms with Crippen molar-refractivity contribution >= 4 is 23.0 Å². The maximum Gasteiger partial charge on any atom is 0.191 e. The lowest BCUT2D eigenvalue weighted by atomic mass is 10.2. The van der Waals surface area contributed by atoms with Crippen LogP contribution in [0.15, 0.2) is 28.6 Å². The second kappa shape index (κ2) is 9.82. The summed E-state index contributed by atoms with van der Waals surface area (Å²) in [4.78, 5) is 11.0. The fourth-order valence-corrected chi connectivity index (χ4v) is 4.07. The van der Waals surface area contributed by atoms with E-state index in [0.717, 1.165) is 42.5 Å². The summed E-state index contributed by atoms with van der Waals surface area (Å²) in [6.45, 7) is 6.65. The average Bonchev–Trinajstić information content (AvgIpc) is 3.31. The van der Waals surface area contributed by atoms with E-state index in [4.69, 9.17) is 0 Å². The number of rotatable bonds is 7. The molecule has 0 radical (unpaired) electrons. The van der Waals surface area contributed by atoms with Gasteiger partial charge >= 0.3 is 0 Å². The van der Waals surface area contributed by atoms with Crippen molar-refractivity contribution in [2.75, 3.05) is 31.1 Å². The van der Waals surface area contributed by atoms with Crippen molar-refractivity contribution < 1.29 is 8.78 Å². The van der Waals surface area contributed by atoms with E-state index in [1.165, 1.54) is 18.2 Å². The van der Waals surface area contributed by atoms with Crippen molar-refractivity contribution in [2.45, 2.75) is 39.2 Å². The van der Waals surface area contributed by atoms with Gasteiger partial charge in [0, 0.05) is 44.0 Å². The minimum Gasteiger partial charge on any atom is -0.365 e. The van der Waals surface area contributed by atoms with E-state index in [9.17, 15) is 8.78 Å². The predicted molar refractivity (Wildman–Crippen MR) is 111 cm³/mol. The summed E-state index contributed by atoms with van der Waals surface area (Å²) in [6.07, 6.45) is 2.55. The number of para-hydroxylation sites is 1. The summed E-state index contributed by atoms with van der Waals surface area (Å²) in [5.74, 6) is -0.304. The summed E-state index contributed by atoms with van der Waals surface area (Å²) in [5, 5.41) is 9.87. The van der Waals surface area contributed by atoms with Gasteiger partial charge in [0.15, 0.2) is 5.96 Å². The lowest BCUT2D eigenvalue weighted by Crippen LogP contribution is -2.44. The van der Waals surface area contributed by atoms with Gasteiger partial charge in [-0.05, 0) is 31.9 Å². The highest BCUT2D eigenvalue weighted by Crippen LogP contribution is 2.26. The number of guanidine groups is 1. The van der Waals surface area contributed by atoms with Gasteiger partial charge in [-0.25, -0.2) is 13.8 Å².